The third-order valence-electron chi connectivity index (χ3n) is 6.73. The highest BCUT2D eigenvalue weighted by Crippen LogP contribution is 2.27. The number of unbranched alkanes of at least 4 members (excludes halogenated alkanes) is 9. The average Bonchev–Trinajstić information content (AvgIpc) is 2.97. The summed E-state index contributed by atoms with van der Waals surface area (Å²) in [7, 11) is 0. The van der Waals surface area contributed by atoms with Crippen LogP contribution in [0.2, 0.25) is 0 Å². The first kappa shape index (κ1) is 30.1. The number of aromatic hydroxyl groups is 1. The molecule has 3 rings (SSSR count). The van der Waals surface area contributed by atoms with Crippen molar-refractivity contribution in [1.29, 1.82) is 0 Å². The fourth-order valence-electron chi connectivity index (χ4n) is 4.33. The van der Waals surface area contributed by atoms with Crippen LogP contribution < -0.4 is 4.74 Å². The molecule has 0 unspecified atom stereocenters. The van der Waals surface area contributed by atoms with E-state index in [1.807, 2.05) is 30.3 Å². The molecule has 0 aromatic heterocycles. The molecule has 5 heteroatoms. The van der Waals surface area contributed by atoms with Gasteiger partial charge in [0.05, 0.1) is 18.0 Å². The molecule has 39 heavy (non-hydrogen) atoms. The highest BCUT2D eigenvalue weighted by Gasteiger charge is 2.02. The number of nitrogens with zero attached hydrogens (tertiary/aromatic N) is 3. The van der Waals surface area contributed by atoms with Crippen molar-refractivity contribution in [1.82, 2.24) is 0 Å². The molecule has 5 nitrogen and oxygen atoms in total. The van der Waals surface area contributed by atoms with Crippen molar-refractivity contribution in [3.8, 4) is 22.6 Å². The maximum atomic E-state index is 10.2. The van der Waals surface area contributed by atoms with E-state index in [4.69, 9.17) is 4.74 Å². The van der Waals surface area contributed by atoms with Gasteiger partial charge in [0.25, 0.3) is 0 Å². The van der Waals surface area contributed by atoms with E-state index in [0.29, 0.717) is 11.3 Å². The number of rotatable bonds is 18. The van der Waals surface area contributed by atoms with E-state index < -0.39 is 0 Å². The van der Waals surface area contributed by atoms with Gasteiger partial charge in [-0.3, -0.25) is 4.99 Å². The SMILES string of the molecule is CCCCCCCCN=Cc1cc(N=Nc2ccc(-c3ccc(OCCCCCCC)cc3)cc2)ccc1O. The van der Waals surface area contributed by atoms with Crippen molar-refractivity contribution < 1.29 is 9.84 Å². The lowest BCUT2D eigenvalue weighted by atomic mass is 10.1. The number of hydrogen-bond acceptors (Lipinski definition) is 5. The van der Waals surface area contributed by atoms with Crippen LogP contribution in [0, 0.1) is 0 Å². The summed E-state index contributed by atoms with van der Waals surface area (Å²) < 4.78 is 5.88. The monoisotopic (exact) mass is 527 g/mol. The molecule has 0 heterocycles. The lowest BCUT2D eigenvalue weighted by Crippen LogP contribution is -1.97. The Morgan fingerprint density at radius 3 is 1.90 bits per heavy atom. The van der Waals surface area contributed by atoms with Gasteiger partial charge in [-0.05, 0) is 66.4 Å². The molecule has 0 amide bonds. The molecule has 0 fully saturated rings. The Bertz CT molecular complexity index is 1140. The van der Waals surface area contributed by atoms with E-state index in [9.17, 15) is 5.11 Å². The topological polar surface area (TPSA) is 66.5 Å². The minimum absolute atomic E-state index is 0.202. The number of aliphatic imine (C=N–C) groups is 1. The Morgan fingerprint density at radius 1 is 0.641 bits per heavy atom. The van der Waals surface area contributed by atoms with E-state index in [0.717, 1.165) is 48.6 Å². The Hall–Kier alpha value is -3.47. The molecular weight excluding hydrogens is 482 g/mol. The molecule has 208 valence electrons. The van der Waals surface area contributed by atoms with Crippen molar-refractivity contribution in [2.24, 2.45) is 15.2 Å². The van der Waals surface area contributed by atoms with Crippen LogP contribution in [0.25, 0.3) is 11.1 Å². The maximum absolute atomic E-state index is 10.2. The summed E-state index contributed by atoms with van der Waals surface area (Å²) >= 11 is 0. The molecule has 0 saturated carbocycles. The molecule has 1 N–H and O–H groups in total. The minimum atomic E-state index is 0.202. The highest BCUT2D eigenvalue weighted by molar-refractivity contribution is 5.84. The molecule has 0 saturated heterocycles. The number of phenols is 1. The van der Waals surface area contributed by atoms with Crippen molar-refractivity contribution in [2.45, 2.75) is 84.5 Å². The van der Waals surface area contributed by atoms with Gasteiger partial charge in [0.15, 0.2) is 0 Å². The first-order valence-corrected chi connectivity index (χ1v) is 14.8. The molecule has 0 bridgehead atoms. The first-order chi connectivity index (χ1) is 19.2. The van der Waals surface area contributed by atoms with Gasteiger partial charge in [-0.2, -0.15) is 10.2 Å². The number of ether oxygens (including phenoxy) is 1. The van der Waals surface area contributed by atoms with Gasteiger partial charge >= 0.3 is 0 Å². The Kier molecular flexibility index (Phi) is 13.8. The molecule has 0 atom stereocenters. The Labute approximate surface area is 235 Å². The normalized spacial score (nSPS) is 11.5. The molecule has 0 aliphatic rings. The van der Waals surface area contributed by atoms with Gasteiger partial charge in [-0.25, -0.2) is 0 Å². The van der Waals surface area contributed by atoms with Crippen molar-refractivity contribution in [2.75, 3.05) is 13.2 Å². The summed E-state index contributed by atoms with van der Waals surface area (Å²) in [6.07, 6.45) is 15.4. The second-order valence-electron chi connectivity index (χ2n) is 10.1. The summed E-state index contributed by atoms with van der Waals surface area (Å²) in [6, 6.07) is 21.5. The number of benzene rings is 3. The summed E-state index contributed by atoms with van der Waals surface area (Å²) in [5.41, 5.74) is 4.37. The minimum Gasteiger partial charge on any atom is -0.507 e. The van der Waals surface area contributed by atoms with E-state index >= 15 is 0 Å². The van der Waals surface area contributed by atoms with Crippen LogP contribution >= 0.6 is 0 Å². The molecule has 0 aliphatic carbocycles. The summed E-state index contributed by atoms with van der Waals surface area (Å²) in [5, 5.41) is 18.9. The third kappa shape index (κ3) is 11.4. The zero-order chi connectivity index (χ0) is 27.5. The molecule has 3 aromatic rings. The van der Waals surface area contributed by atoms with E-state index in [2.05, 4.69) is 53.3 Å². The van der Waals surface area contributed by atoms with Crippen LogP contribution in [0.15, 0.2) is 82.0 Å². The zero-order valence-corrected chi connectivity index (χ0v) is 23.8. The Morgan fingerprint density at radius 2 is 1.21 bits per heavy atom. The van der Waals surface area contributed by atoms with Gasteiger partial charge in [-0.15, -0.1) is 0 Å². The van der Waals surface area contributed by atoms with Gasteiger partial charge < -0.3 is 9.84 Å². The quantitative estimate of drug-likeness (QED) is 0.102. The van der Waals surface area contributed by atoms with Gasteiger partial charge in [0.1, 0.15) is 11.5 Å². The second kappa shape index (κ2) is 17.9. The lowest BCUT2D eigenvalue weighted by molar-refractivity contribution is 0.304. The predicted molar refractivity (Wildman–Crippen MR) is 164 cm³/mol. The summed E-state index contributed by atoms with van der Waals surface area (Å²) in [5.74, 6) is 1.12. The molecule has 0 radical (unpaired) electrons. The first-order valence-electron chi connectivity index (χ1n) is 14.8. The van der Waals surface area contributed by atoms with Crippen LogP contribution in [0.3, 0.4) is 0 Å². The predicted octanol–water partition coefficient (Wildman–Crippen LogP) is 10.6. The number of phenolic OH excluding ortho intramolecular Hbond substituents is 1. The zero-order valence-electron chi connectivity index (χ0n) is 23.8. The average molecular weight is 528 g/mol. The van der Waals surface area contributed by atoms with Crippen LogP contribution in [-0.4, -0.2) is 24.5 Å². The largest absolute Gasteiger partial charge is 0.507 e. The van der Waals surface area contributed by atoms with E-state index in [1.54, 1.807) is 18.3 Å². The fraction of sp³-hybridized carbons (Fsp3) is 0.441. The Balaban J connectivity index is 1.48. The van der Waals surface area contributed by atoms with Crippen molar-refractivity contribution in [3.05, 3.63) is 72.3 Å². The van der Waals surface area contributed by atoms with Gasteiger partial charge in [-0.1, -0.05) is 95.9 Å². The highest BCUT2D eigenvalue weighted by atomic mass is 16.5. The van der Waals surface area contributed by atoms with Crippen LogP contribution in [-0.2, 0) is 0 Å². The van der Waals surface area contributed by atoms with Gasteiger partial charge in [0, 0.05) is 18.3 Å². The molecule has 0 aliphatic heterocycles. The molecular formula is C34H45N3O2. The standard InChI is InChI=1S/C34H45N3O2/c1-3-5-7-9-10-12-24-35-27-30-26-32(20-23-34(30)38)37-36-31-18-14-28(15-19-31)29-16-21-33(22-17-29)39-25-13-11-8-6-4-2/h14-23,26-27,38H,3-13,24-25H2,1-2H3. The van der Waals surface area contributed by atoms with Crippen LogP contribution in [0.1, 0.15) is 90.0 Å². The fourth-order valence-corrected chi connectivity index (χ4v) is 4.33. The van der Waals surface area contributed by atoms with Gasteiger partial charge in [0.2, 0.25) is 0 Å². The van der Waals surface area contributed by atoms with Crippen molar-refractivity contribution in [3.63, 3.8) is 0 Å². The summed E-state index contributed by atoms with van der Waals surface area (Å²) in [6.45, 7) is 6.02. The molecule has 0 spiro atoms. The summed E-state index contributed by atoms with van der Waals surface area (Å²) in [4.78, 5) is 4.49. The smallest absolute Gasteiger partial charge is 0.124 e. The maximum Gasteiger partial charge on any atom is 0.124 e. The van der Waals surface area contributed by atoms with Crippen LogP contribution in [0.5, 0.6) is 11.5 Å². The van der Waals surface area contributed by atoms with Crippen LogP contribution in [0.4, 0.5) is 11.4 Å². The second-order valence-corrected chi connectivity index (χ2v) is 10.1. The van der Waals surface area contributed by atoms with E-state index in [-0.39, 0.29) is 5.75 Å². The number of hydrogen-bond donors (Lipinski definition) is 1. The van der Waals surface area contributed by atoms with E-state index in [1.165, 1.54) is 57.8 Å². The third-order valence-corrected chi connectivity index (χ3v) is 6.73. The molecule has 3 aromatic carbocycles. The number of azo groups is 1. The van der Waals surface area contributed by atoms with Crippen molar-refractivity contribution >= 4 is 17.6 Å². The lowest BCUT2D eigenvalue weighted by Gasteiger charge is -2.07.